The summed E-state index contributed by atoms with van der Waals surface area (Å²) >= 11 is 3.87. The van der Waals surface area contributed by atoms with Crippen molar-refractivity contribution in [3.8, 4) is 0 Å². The Hall–Kier alpha value is -0.174. The van der Waals surface area contributed by atoms with Crippen LogP contribution in [-0.2, 0) is 19.2 Å². The molecule has 0 aliphatic heterocycles. The van der Waals surface area contributed by atoms with E-state index >= 15 is 0 Å². The van der Waals surface area contributed by atoms with Crippen molar-refractivity contribution in [1.82, 2.24) is 10.6 Å². The minimum absolute atomic E-state index is 0. The molecule has 0 spiro atoms. The Morgan fingerprint density at radius 3 is 2.24 bits per heavy atom. The summed E-state index contributed by atoms with van der Waals surface area (Å²) in [6, 6.07) is -2.15. The number of nitrogens with one attached hydrogen (secondary N) is 2. The Morgan fingerprint density at radius 2 is 1.81 bits per heavy atom. The summed E-state index contributed by atoms with van der Waals surface area (Å²) in [4.78, 5) is 43.7. The van der Waals surface area contributed by atoms with Crippen LogP contribution in [-0.4, -0.2) is 58.3 Å². The summed E-state index contributed by atoms with van der Waals surface area (Å²) in [5, 5.41) is 21.4. The summed E-state index contributed by atoms with van der Waals surface area (Å²) in [6.07, 6.45) is -0.235. The maximum absolute atomic E-state index is 11.5. The molecule has 0 rings (SSSR count). The van der Waals surface area contributed by atoms with Crippen LogP contribution in [0.2, 0.25) is 0 Å². The monoisotopic (exact) mass is 347 g/mol. The van der Waals surface area contributed by atoms with Gasteiger partial charge >= 0.3 is 63.3 Å². The SMILES string of the molecule is N[C@@H](CCC(=O)N[C@@H](CS)C(=O)NCC(=O)O)C(=O)O.[H-].[K+]. The zero-order valence-electron chi connectivity index (χ0n) is 12.5. The van der Waals surface area contributed by atoms with E-state index in [-0.39, 0.29) is 71.4 Å². The predicted molar refractivity (Wildman–Crippen MR) is 72.4 cm³/mol. The summed E-state index contributed by atoms with van der Waals surface area (Å²) in [7, 11) is 0. The smallest absolute Gasteiger partial charge is 1.00 e. The van der Waals surface area contributed by atoms with E-state index in [9.17, 15) is 19.2 Å². The van der Waals surface area contributed by atoms with Crippen LogP contribution in [0.25, 0.3) is 0 Å². The van der Waals surface area contributed by atoms with Crippen molar-refractivity contribution in [3.63, 3.8) is 0 Å². The number of rotatable bonds is 9. The van der Waals surface area contributed by atoms with E-state index in [1.165, 1.54) is 0 Å². The molecule has 9 nitrogen and oxygen atoms in total. The van der Waals surface area contributed by atoms with Crippen molar-refractivity contribution >= 4 is 36.4 Å². The number of carboxylic acid groups (broad SMARTS) is 2. The van der Waals surface area contributed by atoms with E-state index in [0.717, 1.165) is 0 Å². The average Bonchev–Trinajstić information content (AvgIpc) is 2.38. The van der Waals surface area contributed by atoms with Crippen LogP contribution in [0.4, 0.5) is 0 Å². The van der Waals surface area contributed by atoms with Crippen molar-refractivity contribution in [2.45, 2.75) is 24.9 Å². The Morgan fingerprint density at radius 1 is 1.24 bits per heavy atom. The number of carbonyl (C=O) groups is 4. The fraction of sp³-hybridized carbons (Fsp3) is 0.600. The van der Waals surface area contributed by atoms with Gasteiger partial charge in [-0.15, -0.1) is 0 Å². The van der Waals surface area contributed by atoms with Gasteiger partial charge in [-0.3, -0.25) is 19.2 Å². The first kappa shape index (κ1) is 23.1. The van der Waals surface area contributed by atoms with Gasteiger partial charge < -0.3 is 28.0 Å². The van der Waals surface area contributed by atoms with Gasteiger partial charge in [-0.25, -0.2) is 0 Å². The normalized spacial score (nSPS) is 12.5. The maximum atomic E-state index is 11.5. The Balaban J connectivity index is -0.00000180. The second kappa shape index (κ2) is 12.4. The zero-order valence-corrected chi connectivity index (χ0v) is 15.6. The maximum Gasteiger partial charge on any atom is 1.00 e. The van der Waals surface area contributed by atoms with Gasteiger partial charge in [0, 0.05) is 12.2 Å². The Labute approximate surface area is 170 Å². The molecule has 0 aromatic carbocycles. The predicted octanol–water partition coefficient (Wildman–Crippen LogP) is -5.09. The molecule has 0 unspecified atom stereocenters. The van der Waals surface area contributed by atoms with Crippen LogP contribution in [0.3, 0.4) is 0 Å². The number of hydrogen-bond acceptors (Lipinski definition) is 6. The standard InChI is InChI=1S/C10H17N3O6S.K.H/c11-5(10(18)19)1-2-7(14)13-6(4-20)9(17)12-3-8(15)16;;/h5-6,20H,1-4,11H2,(H,12,17)(H,13,14)(H,15,16)(H,18,19);;/q;+1;-1/t5-,6-;;/m0../s1. The molecule has 2 amide bonds. The molecule has 11 heteroatoms. The third kappa shape index (κ3) is 11.1. The van der Waals surface area contributed by atoms with Crippen LogP contribution >= 0.6 is 12.6 Å². The minimum Gasteiger partial charge on any atom is -1.00 e. The molecule has 0 bridgehead atoms. The third-order valence-electron chi connectivity index (χ3n) is 2.25. The van der Waals surface area contributed by atoms with Crippen molar-refractivity contribution in [3.05, 3.63) is 0 Å². The average molecular weight is 347 g/mol. The molecule has 6 N–H and O–H groups in total. The molecule has 0 radical (unpaired) electrons. The van der Waals surface area contributed by atoms with Crippen LogP contribution in [0.5, 0.6) is 0 Å². The molecule has 0 aliphatic carbocycles. The molecule has 0 fully saturated rings. The van der Waals surface area contributed by atoms with E-state index in [2.05, 4.69) is 23.3 Å². The number of amides is 2. The van der Waals surface area contributed by atoms with Gasteiger partial charge in [0.15, 0.2) is 0 Å². The number of nitrogens with two attached hydrogens (primary N) is 1. The first-order valence-electron chi connectivity index (χ1n) is 5.66. The fourth-order valence-corrected chi connectivity index (χ4v) is 1.41. The largest absolute Gasteiger partial charge is 1.00 e. The molecule has 0 saturated carbocycles. The van der Waals surface area contributed by atoms with Crippen LogP contribution in [0.1, 0.15) is 14.3 Å². The van der Waals surface area contributed by atoms with E-state index in [4.69, 9.17) is 15.9 Å². The molecule has 21 heavy (non-hydrogen) atoms. The molecule has 0 aromatic heterocycles. The van der Waals surface area contributed by atoms with E-state index < -0.39 is 42.4 Å². The van der Waals surface area contributed by atoms with E-state index in [1.54, 1.807) is 0 Å². The molecular formula is C10H18KN3O6S. The second-order valence-corrected chi connectivity index (χ2v) is 4.26. The summed E-state index contributed by atoms with van der Waals surface area (Å²) in [5.74, 6) is -3.70. The van der Waals surface area contributed by atoms with Gasteiger partial charge in [-0.05, 0) is 6.42 Å². The first-order valence-corrected chi connectivity index (χ1v) is 6.29. The van der Waals surface area contributed by atoms with Crippen molar-refractivity contribution in [1.29, 1.82) is 0 Å². The molecular weight excluding hydrogens is 329 g/mol. The minimum atomic E-state index is -1.22. The number of aliphatic carboxylic acids is 2. The quantitative estimate of drug-likeness (QED) is 0.180. The third-order valence-corrected chi connectivity index (χ3v) is 2.61. The van der Waals surface area contributed by atoms with Gasteiger partial charge in [0.1, 0.15) is 18.6 Å². The topological polar surface area (TPSA) is 159 Å². The summed E-state index contributed by atoms with van der Waals surface area (Å²) in [5.41, 5.74) is 5.23. The van der Waals surface area contributed by atoms with E-state index in [0.29, 0.717) is 0 Å². The Kier molecular flexibility index (Phi) is 13.6. The van der Waals surface area contributed by atoms with Crippen molar-refractivity contribution in [2.24, 2.45) is 5.73 Å². The van der Waals surface area contributed by atoms with Gasteiger partial charge in [0.05, 0.1) is 0 Å². The fourth-order valence-electron chi connectivity index (χ4n) is 1.16. The van der Waals surface area contributed by atoms with Crippen LogP contribution in [0.15, 0.2) is 0 Å². The molecule has 116 valence electrons. The zero-order chi connectivity index (χ0) is 15.7. The number of carboxylic acids is 2. The molecule has 0 saturated heterocycles. The van der Waals surface area contributed by atoms with Gasteiger partial charge in [-0.2, -0.15) is 12.6 Å². The van der Waals surface area contributed by atoms with Crippen molar-refractivity contribution in [2.75, 3.05) is 12.3 Å². The number of hydrogen-bond donors (Lipinski definition) is 6. The summed E-state index contributed by atoms with van der Waals surface area (Å²) in [6.45, 7) is -0.567. The summed E-state index contributed by atoms with van der Waals surface area (Å²) < 4.78 is 0. The van der Waals surface area contributed by atoms with Gasteiger partial charge in [0.2, 0.25) is 11.8 Å². The second-order valence-electron chi connectivity index (χ2n) is 3.90. The first-order chi connectivity index (χ1) is 9.27. The van der Waals surface area contributed by atoms with Crippen molar-refractivity contribution < 1.29 is 82.2 Å². The van der Waals surface area contributed by atoms with Crippen LogP contribution < -0.4 is 67.8 Å². The molecule has 2 atom stereocenters. The van der Waals surface area contributed by atoms with Crippen LogP contribution in [0, 0.1) is 0 Å². The number of thiol groups is 1. The van der Waals surface area contributed by atoms with Gasteiger partial charge in [0.25, 0.3) is 0 Å². The molecule has 0 heterocycles. The van der Waals surface area contributed by atoms with E-state index in [1.807, 2.05) is 0 Å². The molecule has 0 aliphatic rings. The van der Waals surface area contributed by atoms with Gasteiger partial charge in [-0.1, -0.05) is 0 Å². The number of carbonyl (C=O) groups excluding carboxylic acids is 2. The molecule has 0 aromatic rings. The Bertz CT molecular complexity index is 401.